The second-order valence-electron chi connectivity index (χ2n) is 6.52. The second-order valence-corrected chi connectivity index (χ2v) is 6.93. The van der Waals surface area contributed by atoms with E-state index in [1.165, 1.54) is 0 Å². The summed E-state index contributed by atoms with van der Waals surface area (Å²) in [7, 11) is 0. The largest absolute Gasteiger partial charge is 0.481 e. The van der Waals surface area contributed by atoms with Crippen LogP contribution in [0.5, 0.6) is 5.75 Å². The van der Waals surface area contributed by atoms with Crippen molar-refractivity contribution in [1.29, 1.82) is 0 Å². The van der Waals surface area contributed by atoms with E-state index in [9.17, 15) is 4.79 Å². The first-order chi connectivity index (χ1) is 14.0. The Balaban J connectivity index is 1.46. The van der Waals surface area contributed by atoms with Crippen molar-refractivity contribution >= 4 is 34.1 Å². The first-order valence-electron chi connectivity index (χ1n) is 9.01. The summed E-state index contributed by atoms with van der Waals surface area (Å²) in [5, 5.41) is 4.18. The normalized spacial score (nSPS) is 10.9. The van der Waals surface area contributed by atoms with Gasteiger partial charge in [0.2, 0.25) is 5.89 Å². The number of rotatable bonds is 5. The minimum absolute atomic E-state index is 0.158. The summed E-state index contributed by atoms with van der Waals surface area (Å²) >= 11 is 6.19. The van der Waals surface area contributed by atoms with E-state index in [0.29, 0.717) is 27.9 Å². The van der Waals surface area contributed by atoms with E-state index >= 15 is 0 Å². The number of nitrogens with one attached hydrogen (secondary N) is 1. The Kier molecular flexibility index (Phi) is 5.18. The lowest BCUT2D eigenvalue weighted by molar-refractivity contribution is -0.118. The SMILES string of the molecule is Cc1nc(-c2cccc(NC(=O)COc3ccc(Cl)c4cccnc34)c2)oc1C. The number of carbonyl (C=O) groups excluding carboxylic acids is 1. The molecule has 2 aromatic carbocycles. The maximum absolute atomic E-state index is 12.4. The molecule has 0 fully saturated rings. The van der Waals surface area contributed by atoms with Crippen LogP contribution in [0.25, 0.3) is 22.4 Å². The third-order valence-corrected chi connectivity index (χ3v) is 4.79. The molecule has 7 heteroatoms. The van der Waals surface area contributed by atoms with Crippen LogP contribution in [-0.4, -0.2) is 22.5 Å². The van der Waals surface area contributed by atoms with Gasteiger partial charge in [0, 0.05) is 22.8 Å². The molecule has 6 nitrogen and oxygen atoms in total. The van der Waals surface area contributed by atoms with Gasteiger partial charge in [0.1, 0.15) is 17.0 Å². The number of hydrogen-bond donors (Lipinski definition) is 1. The van der Waals surface area contributed by atoms with E-state index in [2.05, 4.69) is 15.3 Å². The summed E-state index contributed by atoms with van der Waals surface area (Å²) < 4.78 is 11.3. The summed E-state index contributed by atoms with van der Waals surface area (Å²) in [5.74, 6) is 1.50. The van der Waals surface area contributed by atoms with Crippen LogP contribution < -0.4 is 10.1 Å². The van der Waals surface area contributed by atoms with Gasteiger partial charge in [-0.1, -0.05) is 17.7 Å². The molecule has 2 aromatic heterocycles. The van der Waals surface area contributed by atoms with Gasteiger partial charge in [-0.05, 0) is 56.3 Å². The van der Waals surface area contributed by atoms with Crippen molar-refractivity contribution in [2.24, 2.45) is 0 Å². The third kappa shape index (κ3) is 4.07. The molecular formula is C22H18ClN3O3. The zero-order chi connectivity index (χ0) is 20.4. The highest BCUT2D eigenvalue weighted by atomic mass is 35.5. The Bertz CT molecular complexity index is 1180. The number of fused-ring (bicyclic) bond motifs is 1. The standard InChI is InChI=1S/C22H18ClN3O3/c1-13-14(2)29-22(25-13)15-5-3-6-16(11-15)26-20(27)12-28-19-9-8-18(23)17-7-4-10-24-21(17)19/h3-11H,12H2,1-2H3,(H,26,27). The monoisotopic (exact) mass is 407 g/mol. The molecule has 4 rings (SSSR count). The molecule has 0 aliphatic carbocycles. The minimum Gasteiger partial charge on any atom is -0.481 e. The molecule has 0 saturated carbocycles. The molecule has 0 radical (unpaired) electrons. The summed E-state index contributed by atoms with van der Waals surface area (Å²) in [4.78, 5) is 21.1. The first-order valence-corrected chi connectivity index (χ1v) is 9.39. The van der Waals surface area contributed by atoms with Gasteiger partial charge in [0.25, 0.3) is 5.91 Å². The number of ether oxygens (including phenoxy) is 1. The van der Waals surface area contributed by atoms with Crippen LogP contribution in [0.1, 0.15) is 11.5 Å². The average molecular weight is 408 g/mol. The van der Waals surface area contributed by atoms with E-state index in [-0.39, 0.29) is 12.5 Å². The van der Waals surface area contributed by atoms with Crippen LogP contribution >= 0.6 is 11.6 Å². The average Bonchev–Trinajstić information content (AvgIpc) is 3.06. The van der Waals surface area contributed by atoms with E-state index in [1.54, 1.807) is 30.5 Å². The lowest BCUT2D eigenvalue weighted by atomic mass is 10.2. The molecule has 2 heterocycles. The molecular weight excluding hydrogens is 390 g/mol. The van der Waals surface area contributed by atoms with Crippen LogP contribution in [0, 0.1) is 13.8 Å². The number of aromatic nitrogens is 2. The van der Waals surface area contributed by atoms with Gasteiger partial charge < -0.3 is 14.5 Å². The van der Waals surface area contributed by atoms with E-state index in [4.69, 9.17) is 20.8 Å². The van der Waals surface area contributed by atoms with Crippen molar-refractivity contribution in [2.45, 2.75) is 13.8 Å². The third-order valence-electron chi connectivity index (χ3n) is 4.46. The lowest BCUT2D eigenvalue weighted by Crippen LogP contribution is -2.20. The predicted octanol–water partition coefficient (Wildman–Crippen LogP) is 5.18. The quantitative estimate of drug-likeness (QED) is 0.493. The van der Waals surface area contributed by atoms with Gasteiger partial charge in [-0.2, -0.15) is 0 Å². The number of anilines is 1. The summed E-state index contributed by atoms with van der Waals surface area (Å²) in [6, 6.07) is 14.4. The zero-order valence-electron chi connectivity index (χ0n) is 15.9. The molecule has 146 valence electrons. The number of aryl methyl sites for hydroxylation is 2. The second kappa shape index (κ2) is 7.93. The molecule has 0 bridgehead atoms. The highest BCUT2D eigenvalue weighted by Gasteiger charge is 2.12. The van der Waals surface area contributed by atoms with Crippen molar-refractivity contribution in [3.05, 3.63) is 71.2 Å². The Labute approximate surface area is 172 Å². The number of halogens is 1. The molecule has 1 amide bonds. The van der Waals surface area contributed by atoms with E-state index in [0.717, 1.165) is 22.4 Å². The van der Waals surface area contributed by atoms with Gasteiger partial charge in [-0.25, -0.2) is 4.98 Å². The number of pyridine rings is 1. The number of amides is 1. The summed E-state index contributed by atoms with van der Waals surface area (Å²) in [5.41, 5.74) is 2.87. The Morgan fingerprint density at radius 1 is 1.17 bits per heavy atom. The molecule has 0 spiro atoms. The van der Waals surface area contributed by atoms with Gasteiger partial charge in [-0.15, -0.1) is 0 Å². The number of hydrogen-bond acceptors (Lipinski definition) is 5. The topological polar surface area (TPSA) is 77.2 Å². The molecule has 0 atom stereocenters. The molecule has 0 aliphatic rings. The summed E-state index contributed by atoms with van der Waals surface area (Å²) in [6.45, 7) is 3.60. The fourth-order valence-electron chi connectivity index (χ4n) is 2.89. The Morgan fingerprint density at radius 3 is 2.83 bits per heavy atom. The van der Waals surface area contributed by atoms with Crippen LogP contribution in [-0.2, 0) is 4.79 Å². The fraction of sp³-hybridized carbons (Fsp3) is 0.136. The molecule has 0 aliphatic heterocycles. The molecule has 4 aromatic rings. The van der Waals surface area contributed by atoms with Crippen molar-refractivity contribution in [3.8, 4) is 17.2 Å². The van der Waals surface area contributed by atoms with Crippen molar-refractivity contribution in [2.75, 3.05) is 11.9 Å². The van der Waals surface area contributed by atoms with Crippen molar-refractivity contribution in [1.82, 2.24) is 9.97 Å². The zero-order valence-corrected chi connectivity index (χ0v) is 16.7. The van der Waals surface area contributed by atoms with Gasteiger partial charge in [0.15, 0.2) is 6.61 Å². The lowest BCUT2D eigenvalue weighted by Gasteiger charge is -2.10. The number of oxazole rings is 1. The number of benzene rings is 2. The van der Waals surface area contributed by atoms with Crippen molar-refractivity contribution in [3.63, 3.8) is 0 Å². The van der Waals surface area contributed by atoms with Crippen LogP contribution in [0.15, 0.2) is 59.1 Å². The predicted molar refractivity (Wildman–Crippen MR) is 112 cm³/mol. The van der Waals surface area contributed by atoms with Crippen LogP contribution in [0.3, 0.4) is 0 Å². The van der Waals surface area contributed by atoms with Crippen LogP contribution in [0.2, 0.25) is 5.02 Å². The molecule has 0 unspecified atom stereocenters. The number of carbonyl (C=O) groups is 1. The minimum atomic E-state index is -0.291. The molecule has 29 heavy (non-hydrogen) atoms. The van der Waals surface area contributed by atoms with E-state index < -0.39 is 0 Å². The van der Waals surface area contributed by atoms with Gasteiger partial charge >= 0.3 is 0 Å². The van der Waals surface area contributed by atoms with E-state index in [1.807, 2.05) is 38.1 Å². The van der Waals surface area contributed by atoms with Gasteiger partial charge in [-0.3, -0.25) is 9.78 Å². The molecule has 1 N–H and O–H groups in total. The fourth-order valence-corrected chi connectivity index (χ4v) is 3.11. The Morgan fingerprint density at radius 2 is 2.03 bits per heavy atom. The number of nitrogens with zero attached hydrogens (tertiary/aromatic N) is 2. The van der Waals surface area contributed by atoms with Gasteiger partial charge in [0.05, 0.1) is 10.7 Å². The Hall–Kier alpha value is -3.38. The maximum Gasteiger partial charge on any atom is 0.262 e. The maximum atomic E-state index is 12.4. The van der Waals surface area contributed by atoms with Crippen LogP contribution in [0.4, 0.5) is 5.69 Å². The smallest absolute Gasteiger partial charge is 0.262 e. The first kappa shape index (κ1) is 19.0. The summed E-state index contributed by atoms with van der Waals surface area (Å²) in [6.07, 6.45) is 1.66. The highest BCUT2D eigenvalue weighted by Crippen LogP contribution is 2.29. The highest BCUT2D eigenvalue weighted by molar-refractivity contribution is 6.35. The molecule has 0 saturated heterocycles. The van der Waals surface area contributed by atoms with Crippen molar-refractivity contribution < 1.29 is 13.9 Å².